The molecule has 4 heteroatoms. The van der Waals surface area contributed by atoms with Gasteiger partial charge < -0.3 is 9.13 Å². The number of aromatic nitrogens is 2. The zero-order valence-electron chi connectivity index (χ0n) is 41.5. The van der Waals surface area contributed by atoms with Gasteiger partial charge >= 0.3 is 0 Å². The van der Waals surface area contributed by atoms with Crippen LogP contribution in [0.3, 0.4) is 0 Å². The van der Waals surface area contributed by atoms with Crippen LogP contribution in [0.2, 0.25) is 39.3 Å². The molecule has 10 aromatic rings. The second kappa shape index (κ2) is 20.2. The maximum Gasteiger partial charge on any atom is 0.129 e. The SMILES string of the molecule is C[Si](C)(C)C#CC(=C=C=C(C#CC(=C=C=C(C#C[Si](C)(C)C)c1ccc(-n2c3ccccc3c3ccccc32)cc1)c1ccccc1)c1ccccc1)c1ccc(-n2c3ccccc3c3ccccc32)cc1. The minimum Gasteiger partial charge on any atom is -0.309 e. The summed E-state index contributed by atoms with van der Waals surface area (Å²) in [5.74, 6) is 14.1. The van der Waals surface area contributed by atoms with Crippen LogP contribution in [0.1, 0.15) is 22.3 Å². The molecule has 0 amide bonds. The zero-order chi connectivity index (χ0) is 49.7. The molecular weight excluding hydrogens is 901 g/mol. The third kappa shape index (κ3) is 10.3. The predicted octanol–water partition coefficient (Wildman–Crippen LogP) is 16.8. The van der Waals surface area contributed by atoms with Gasteiger partial charge in [0.05, 0.1) is 44.4 Å². The molecular formula is C68H52N2Si2. The first-order valence-corrected chi connectivity index (χ1v) is 31.4. The van der Waals surface area contributed by atoms with E-state index in [1.165, 1.54) is 43.6 Å². The maximum atomic E-state index is 3.59. The van der Waals surface area contributed by atoms with Crippen LogP contribution in [0.25, 0.3) is 77.3 Å². The van der Waals surface area contributed by atoms with E-state index in [-0.39, 0.29) is 0 Å². The van der Waals surface area contributed by atoms with Crippen LogP contribution in [0.15, 0.2) is 229 Å². The van der Waals surface area contributed by atoms with E-state index in [0.717, 1.165) is 44.8 Å². The Morgan fingerprint density at radius 1 is 0.278 bits per heavy atom. The molecule has 0 radical (unpaired) electrons. The summed E-state index contributed by atoms with van der Waals surface area (Å²) in [6, 6.07) is 72.0. The first kappa shape index (κ1) is 46.8. The van der Waals surface area contributed by atoms with E-state index >= 15 is 0 Å². The Balaban J connectivity index is 1.12. The van der Waals surface area contributed by atoms with Crippen molar-refractivity contribution in [2.45, 2.75) is 39.3 Å². The number of rotatable bonds is 6. The molecule has 0 aliphatic heterocycles. The molecule has 72 heavy (non-hydrogen) atoms. The summed E-state index contributed by atoms with van der Waals surface area (Å²) in [5, 5.41) is 4.93. The Kier molecular flexibility index (Phi) is 13.1. The topological polar surface area (TPSA) is 9.86 Å². The van der Waals surface area contributed by atoms with Gasteiger partial charge in [-0.25, -0.2) is 0 Å². The number of hydrogen-bond acceptors (Lipinski definition) is 0. The van der Waals surface area contributed by atoms with Crippen molar-refractivity contribution in [2.24, 2.45) is 0 Å². The smallest absolute Gasteiger partial charge is 0.129 e. The molecule has 8 aromatic carbocycles. The molecule has 0 aliphatic carbocycles. The maximum absolute atomic E-state index is 3.59. The van der Waals surface area contributed by atoms with E-state index in [0.29, 0.717) is 11.1 Å². The molecule has 0 fully saturated rings. The Hall–Kier alpha value is -8.93. The van der Waals surface area contributed by atoms with Crippen molar-refractivity contribution in [1.29, 1.82) is 0 Å². The lowest BCUT2D eigenvalue weighted by Crippen LogP contribution is -2.16. The minimum absolute atomic E-state index is 0.684. The van der Waals surface area contributed by atoms with Crippen molar-refractivity contribution < 1.29 is 0 Å². The average molecular weight is 953 g/mol. The normalized spacial score (nSPS) is 10.9. The van der Waals surface area contributed by atoms with Gasteiger partial charge in [-0.2, -0.15) is 0 Å². The summed E-state index contributed by atoms with van der Waals surface area (Å²) in [4.78, 5) is 0. The quantitative estimate of drug-likeness (QED) is 0.0893. The van der Waals surface area contributed by atoms with Crippen molar-refractivity contribution in [3.8, 4) is 46.1 Å². The molecule has 0 spiro atoms. The van der Waals surface area contributed by atoms with Crippen molar-refractivity contribution >= 4 is 82.1 Å². The highest BCUT2D eigenvalue weighted by molar-refractivity contribution is 6.84. The molecule has 10 rings (SSSR count). The first-order chi connectivity index (χ1) is 35.0. The fraction of sp³-hybridized carbons (Fsp3) is 0.0882. The van der Waals surface area contributed by atoms with Gasteiger partial charge in [0, 0.05) is 32.9 Å². The van der Waals surface area contributed by atoms with Crippen LogP contribution in [-0.2, 0) is 0 Å². The standard InChI is InChI=1S/C68H52N2Si2/c1-71(2,3)49-47-57(55-39-43-59(44-40-55)69-65-29-17-13-25-61(65)62-26-14-18-30-66(62)69)37-35-53(51-21-9-7-10-22-51)33-34-54(52-23-11-8-12-24-52)36-38-58(48-50-72(4,5)6)56-41-45-60(46-42-56)70-67-31-19-15-27-63(67)64-28-16-20-32-68(64)70/h7-32,39-46H,1-6H3. The van der Waals surface area contributed by atoms with Gasteiger partial charge in [0.1, 0.15) is 16.1 Å². The second-order valence-corrected chi connectivity index (χ2v) is 29.3. The van der Waals surface area contributed by atoms with Crippen LogP contribution in [0.4, 0.5) is 0 Å². The van der Waals surface area contributed by atoms with Crippen LogP contribution < -0.4 is 0 Å². The molecule has 0 bridgehead atoms. The number of para-hydroxylation sites is 4. The van der Waals surface area contributed by atoms with Crippen molar-refractivity contribution in [2.75, 3.05) is 0 Å². The largest absolute Gasteiger partial charge is 0.309 e. The lowest BCUT2D eigenvalue weighted by molar-refractivity contribution is 1.18. The first-order valence-electron chi connectivity index (χ1n) is 24.4. The average Bonchev–Trinajstić information content (AvgIpc) is 3.92. The van der Waals surface area contributed by atoms with E-state index in [4.69, 9.17) is 0 Å². The van der Waals surface area contributed by atoms with Crippen LogP contribution in [0.5, 0.6) is 0 Å². The number of fused-ring (bicyclic) bond motifs is 6. The van der Waals surface area contributed by atoms with E-state index in [1.54, 1.807) is 0 Å². The molecule has 0 unspecified atom stereocenters. The van der Waals surface area contributed by atoms with Gasteiger partial charge in [-0.05, 0) is 70.8 Å². The molecule has 0 aliphatic rings. The summed E-state index contributed by atoms with van der Waals surface area (Å²) in [7, 11) is -3.54. The third-order valence-electron chi connectivity index (χ3n) is 12.2. The van der Waals surface area contributed by atoms with Gasteiger partial charge in [0.15, 0.2) is 0 Å². The van der Waals surface area contributed by atoms with Crippen molar-refractivity contribution in [3.05, 3.63) is 251 Å². The van der Waals surface area contributed by atoms with Crippen molar-refractivity contribution in [1.82, 2.24) is 9.13 Å². The molecule has 0 saturated carbocycles. The molecule has 2 heterocycles. The van der Waals surface area contributed by atoms with Crippen molar-refractivity contribution in [3.63, 3.8) is 0 Å². The van der Waals surface area contributed by atoms with Gasteiger partial charge in [-0.3, -0.25) is 0 Å². The Bertz CT molecular complexity index is 3750. The summed E-state index contributed by atoms with van der Waals surface area (Å²) >= 11 is 0. The van der Waals surface area contributed by atoms with E-state index in [9.17, 15) is 0 Å². The highest BCUT2D eigenvalue weighted by Crippen LogP contribution is 2.34. The fourth-order valence-electron chi connectivity index (χ4n) is 8.74. The highest BCUT2D eigenvalue weighted by atomic mass is 28.3. The highest BCUT2D eigenvalue weighted by Gasteiger charge is 2.15. The summed E-state index contributed by atoms with van der Waals surface area (Å²) in [6.45, 7) is 13.5. The van der Waals surface area contributed by atoms with Gasteiger partial charge in [0.2, 0.25) is 0 Å². The van der Waals surface area contributed by atoms with Crippen LogP contribution in [0, 0.1) is 34.8 Å². The van der Waals surface area contributed by atoms with Gasteiger partial charge in [0.25, 0.3) is 0 Å². The van der Waals surface area contributed by atoms with Gasteiger partial charge in [-0.1, -0.05) is 244 Å². The predicted molar refractivity (Wildman–Crippen MR) is 312 cm³/mol. The molecule has 2 aromatic heterocycles. The number of hydrogen-bond donors (Lipinski definition) is 0. The lowest BCUT2D eigenvalue weighted by atomic mass is 10.0. The molecule has 0 atom stereocenters. The Morgan fingerprint density at radius 3 is 0.819 bits per heavy atom. The van der Waals surface area contributed by atoms with E-state index in [2.05, 4.69) is 276 Å². The van der Waals surface area contributed by atoms with Crippen LogP contribution >= 0.6 is 0 Å². The molecule has 0 saturated heterocycles. The van der Waals surface area contributed by atoms with E-state index in [1.807, 2.05) is 36.4 Å². The third-order valence-corrected chi connectivity index (χ3v) is 13.9. The fourth-order valence-corrected chi connectivity index (χ4v) is 9.74. The van der Waals surface area contributed by atoms with E-state index < -0.39 is 16.1 Å². The zero-order valence-corrected chi connectivity index (χ0v) is 43.5. The molecule has 0 N–H and O–H groups in total. The number of allylic oxidation sites excluding steroid dienone is 4. The summed E-state index contributed by atoms with van der Waals surface area (Å²) < 4.78 is 4.66. The number of nitrogens with zero attached hydrogens (tertiary/aromatic N) is 2. The summed E-state index contributed by atoms with van der Waals surface area (Å²) in [6.07, 6.45) is 0. The van der Waals surface area contributed by atoms with Crippen LogP contribution in [-0.4, -0.2) is 25.3 Å². The summed E-state index contributed by atoms with van der Waals surface area (Å²) in [5.41, 5.74) is 34.8. The number of benzene rings is 8. The Labute approximate surface area is 425 Å². The second-order valence-electron chi connectivity index (χ2n) is 19.8. The Morgan fingerprint density at radius 2 is 0.528 bits per heavy atom. The molecule has 2 nitrogen and oxygen atoms in total. The minimum atomic E-state index is -1.77. The lowest BCUT2D eigenvalue weighted by Gasteiger charge is -2.09. The molecule has 342 valence electrons. The monoisotopic (exact) mass is 952 g/mol. The van der Waals surface area contributed by atoms with Gasteiger partial charge in [-0.15, -0.1) is 11.1 Å².